The average Bonchev–Trinajstić information content (AvgIpc) is 3.16. The summed E-state index contributed by atoms with van der Waals surface area (Å²) in [7, 11) is 1.66. The molecule has 158 valence electrons. The maximum Gasteiger partial charge on any atom is 0.222 e. The Morgan fingerprint density at radius 1 is 1.10 bits per heavy atom. The van der Waals surface area contributed by atoms with E-state index in [1.165, 1.54) is 5.56 Å². The van der Waals surface area contributed by atoms with Gasteiger partial charge in [0.2, 0.25) is 5.91 Å². The van der Waals surface area contributed by atoms with Crippen molar-refractivity contribution in [3.63, 3.8) is 0 Å². The van der Waals surface area contributed by atoms with Crippen molar-refractivity contribution in [3.8, 4) is 17.1 Å². The van der Waals surface area contributed by atoms with E-state index in [4.69, 9.17) is 17.0 Å². The van der Waals surface area contributed by atoms with E-state index in [1.54, 1.807) is 7.11 Å². The van der Waals surface area contributed by atoms with Crippen LogP contribution >= 0.6 is 12.2 Å². The molecular formula is C24H24N4O2S. The monoisotopic (exact) mass is 432 g/mol. The fourth-order valence-electron chi connectivity index (χ4n) is 3.46. The third-order valence-electron chi connectivity index (χ3n) is 5.23. The fourth-order valence-corrected chi connectivity index (χ4v) is 3.68. The summed E-state index contributed by atoms with van der Waals surface area (Å²) in [6.07, 6.45) is 0.317. The number of ether oxygens (including phenoxy) is 1. The molecule has 1 aromatic heterocycles. The van der Waals surface area contributed by atoms with Crippen LogP contribution in [0.3, 0.4) is 0 Å². The number of fused-ring (bicyclic) bond motifs is 1. The minimum absolute atomic E-state index is 0.0345. The first-order valence-electron chi connectivity index (χ1n) is 10.1. The zero-order valence-electron chi connectivity index (χ0n) is 17.5. The van der Waals surface area contributed by atoms with Crippen LogP contribution < -0.4 is 10.1 Å². The van der Waals surface area contributed by atoms with Crippen LogP contribution in [0.4, 0.5) is 0 Å². The Morgan fingerprint density at radius 2 is 1.84 bits per heavy atom. The van der Waals surface area contributed by atoms with Crippen molar-refractivity contribution in [1.29, 1.82) is 0 Å². The lowest BCUT2D eigenvalue weighted by molar-refractivity contribution is -0.121. The maximum absolute atomic E-state index is 12.5. The van der Waals surface area contributed by atoms with Gasteiger partial charge in [0.1, 0.15) is 5.75 Å². The molecular weight excluding hydrogens is 408 g/mol. The minimum atomic E-state index is -0.0345. The summed E-state index contributed by atoms with van der Waals surface area (Å²) in [5.74, 6) is 1.53. The molecule has 2 N–H and O–H groups in total. The highest BCUT2D eigenvalue weighted by molar-refractivity contribution is 7.71. The summed E-state index contributed by atoms with van der Waals surface area (Å²) in [6, 6.07) is 20.2. The molecule has 0 bridgehead atoms. The Labute approximate surface area is 185 Å². The molecule has 0 atom stereocenters. The topological polar surface area (TPSA) is 71.9 Å². The van der Waals surface area contributed by atoms with Gasteiger partial charge in [-0.1, -0.05) is 48.0 Å². The summed E-state index contributed by atoms with van der Waals surface area (Å²) < 4.78 is 7.64. The summed E-state index contributed by atoms with van der Waals surface area (Å²) in [4.78, 5) is 12.5. The number of aromatic amines is 1. The normalized spacial score (nSPS) is 10.9. The summed E-state index contributed by atoms with van der Waals surface area (Å²) in [5.41, 5.74) is 3.19. The van der Waals surface area contributed by atoms with E-state index in [9.17, 15) is 4.79 Å². The van der Waals surface area contributed by atoms with Gasteiger partial charge in [-0.3, -0.25) is 14.5 Å². The lowest BCUT2D eigenvalue weighted by atomic mass is 10.1. The van der Waals surface area contributed by atoms with E-state index < -0.39 is 0 Å². The van der Waals surface area contributed by atoms with Crippen LogP contribution in [0.5, 0.6) is 5.75 Å². The van der Waals surface area contributed by atoms with Crippen molar-refractivity contribution in [1.82, 2.24) is 20.1 Å². The van der Waals surface area contributed by atoms with E-state index >= 15 is 0 Å². The summed E-state index contributed by atoms with van der Waals surface area (Å²) in [5, 5.41) is 12.4. The fraction of sp³-hybridized carbons (Fsp3) is 0.208. The molecule has 1 heterocycles. The van der Waals surface area contributed by atoms with Crippen LogP contribution in [-0.2, 0) is 17.9 Å². The second kappa shape index (κ2) is 9.14. The Balaban J connectivity index is 1.38. The molecule has 0 aliphatic heterocycles. The largest absolute Gasteiger partial charge is 0.497 e. The van der Waals surface area contributed by atoms with Crippen LogP contribution in [0.15, 0.2) is 60.7 Å². The van der Waals surface area contributed by atoms with Crippen molar-refractivity contribution in [2.24, 2.45) is 0 Å². The molecule has 0 aliphatic rings. The number of nitrogens with one attached hydrogen (secondary N) is 2. The van der Waals surface area contributed by atoms with Crippen molar-refractivity contribution in [3.05, 3.63) is 76.6 Å². The molecule has 4 rings (SSSR count). The standard InChI is InChI=1S/C24H24N4O2S/c1-16-3-6-18(7-4-16)23-26-27-24(31)28(23)12-11-22(29)25-15-17-5-8-20-14-21(30-2)10-9-19(20)13-17/h3-10,13-14H,11-12,15H2,1-2H3,(H,25,29)(H,27,31). The van der Waals surface area contributed by atoms with Gasteiger partial charge in [0.25, 0.3) is 0 Å². The molecule has 0 spiro atoms. The van der Waals surface area contributed by atoms with E-state index in [0.29, 0.717) is 24.3 Å². The van der Waals surface area contributed by atoms with Crippen LogP contribution in [-0.4, -0.2) is 27.8 Å². The van der Waals surface area contributed by atoms with Crippen molar-refractivity contribution in [2.45, 2.75) is 26.4 Å². The van der Waals surface area contributed by atoms with Crippen molar-refractivity contribution in [2.75, 3.05) is 7.11 Å². The molecule has 0 radical (unpaired) electrons. The minimum Gasteiger partial charge on any atom is -0.497 e. The molecule has 0 unspecified atom stereocenters. The highest BCUT2D eigenvalue weighted by atomic mass is 32.1. The molecule has 31 heavy (non-hydrogen) atoms. The Morgan fingerprint density at radius 3 is 2.61 bits per heavy atom. The van der Waals surface area contributed by atoms with E-state index in [-0.39, 0.29) is 5.91 Å². The number of hydrogen-bond donors (Lipinski definition) is 2. The molecule has 0 saturated heterocycles. The number of H-pyrrole nitrogens is 1. The number of aryl methyl sites for hydroxylation is 1. The molecule has 0 fully saturated rings. The summed E-state index contributed by atoms with van der Waals surface area (Å²) >= 11 is 5.36. The van der Waals surface area contributed by atoms with Gasteiger partial charge in [0, 0.05) is 25.1 Å². The van der Waals surface area contributed by atoms with Crippen LogP contribution in [0.25, 0.3) is 22.2 Å². The molecule has 3 aromatic carbocycles. The highest BCUT2D eigenvalue weighted by Crippen LogP contribution is 2.22. The molecule has 4 aromatic rings. The van der Waals surface area contributed by atoms with Gasteiger partial charge < -0.3 is 10.1 Å². The SMILES string of the molecule is COc1ccc2cc(CNC(=O)CCn3c(-c4ccc(C)cc4)n[nH]c3=S)ccc2c1. The van der Waals surface area contributed by atoms with Crippen LogP contribution in [0, 0.1) is 11.7 Å². The van der Waals surface area contributed by atoms with Crippen LogP contribution in [0.2, 0.25) is 0 Å². The first-order chi connectivity index (χ1) is 15.0. The number of nitrogens with zero attached hydrogens (tertiary/aromatic N) is 2. The van der Waals surface area contributed by atoms with Gasteiger partial charge in [0.15, 0.2) is 10.6 Å². The molecule has 0 saturated carbocycles. The number of rotatable bonds is 7. The Kier molecular flexibility index (Phi) is 6.13. The Hall–Kier alpha value is -3.45. The molecule has 1 amide bonds. The van der Waals surface area contributed by atoms with E-state index in [1.807, 2.05) is 66.1 Å². The average molecular weight is 433 g/mol. The van der Waals surface area contributed by atoms with Crippen molar-refractivity contribution < 1.29 is 9.53 Å². The second-order valence-corrected chi connectivity index (χ2v) is 7.83. The van der Waals surface area contributed by atoms with Gasteiger partial charge in [-0.2, -0.15) is 5.10 Å². The van der Waals surface area contributed by atoms with Crippen LogP contribution in [0.1, 0.15) is 17.5 Å². The summed E-state index contributed by atoms with van der Waals surface area (Å²) in [6.45, 7) is 2.97. The van der Waals surface area contributed by atoms with Gasteiger partial charge in [0.05, 0.1) is 7.11 Å². The van der Waals surface area contributed by atoms with E-state index in [0.717, 1.165) is 33.5 Å². The Bertz CT molecular complexity index is 1270. The second-order valence-electron chi connectivity index (χ2n) is 7.44. The third-order valence-corrected chi connectivity index (χ3v) is 5.54. The number of hydrogen-bond acceptors (Lipinski definition) is 4. The van der Waals surface area contributed by atoms with Crippen molar-refractivity contribution >= 4 is 28.9 Å². The smallest absolute Gasteiger partial charge is 0.222 e. The number of carbonyl (C=O) groups excluding carboxylic acids is 1. The zero-order valence-corrected chi connectivity index (χ0v) is 18.3. The zero-order chi connectivity index (χ0) is 21.8. The van der Waals surface area contributed by atoms with Gasteiger partial charge in [-0.15, -0.1) is 0 Å². The number of methoxy groups -OCH3 is 1. The van der Waals surface area contributed by atoms with Gasteiger partial charge >= 0.3 is 0 Å². The third kappa shape index (κ3) is 4.83. The predicted octanol–water partition coefficient (Wildman–Crippen LogP) is 4.78. The first-order valence-corrected chi connectivity index (χ1v) is 10.5. The number of aromatic nitrogens is 3. The quantitative estimate of drug-likeness (QED) is 0.412. The van der Waals surface area contributed by atoms with Gasteiger partial charge in [-0.25, -0.2) is 0 Å². The first kappa shape index (κ1) is 20.8. The van der Waals surface area contributed by atoms with E-state index in [2.05, 4.69) is 21.6 Å². The maximum atomic E-state index is 12.5. The number of amides is 1. The lowest BCUT2D eigenvalue weighted by Crippen LogP contribution is -2.24. The number of carbonyl (C=O) groups is 1. The number of benzene rings is 3. The highest BCUT2D eigenvalue weighted by Gasteiger charge is 2.11. The molecule has 7 heteroatoms. The molecule has 0 aliphatic carbocycles. The predicted molar refractivity (Wildman–Crippen MR) is 125 cm³/mol. The molecule has 6 nitrogen and oxygen atoms in total. The van der Waals surface area contributed by atoms with Gasteiger partial charge in [-0.05, 0) is 53.7 Å². The lowest BCUT2D eigenvalue weighted by Gasteiger charge is -2.09.